The second-order valence-corrected chi connectivity index (χ2v) is 6.11. The fraction of sp³-hybridized carbons (Fsp3) is 0.105. The second kappa shape index (κ2) is 5.80. The van der Waals surface area contributed by atoms with E-state index in [9.17, 15) is 14.3 Å². The van der Waals surface area contributed by atoms with Gasteiger partial charge in [-0.05, 0) is 49.4 Å². The molecule has 0 atom stereocenters. The Morgan fingerprint density at radius 1 is 1.27 bits per heavy atom. The summed E-state index contributed by atoms with van der Waals surface area (Å²) in [5, 5.41) is 18.8. The molecule has 0 spiro atoms. The van der Waals surface area contributed by atoms with E-state index in [4.69, 9.17) is 5.41 Å². The summed E-state index contributed by atoms with van der Waals surface area (Å²) in [5.41, 5.74) is 2.59. The third-order valence-electron chi connectivity index (χ3n) is 4.37. The van der Waals surface area contributed by atoms with E-state index < -0.39 is 0 Å². The second-order valence-electron chi connectivity index (χ2n) is 6.11. The molecule has 0 saturated heterocycles. The van der Waals surface area contributed by atoms with Gasteiger partial charge in [0.1, 0.15) is 23.2 Å². The third kappa shape index (κ3) is 2.54. The van der Waals surface area contributed by atoms with Gasteiger partial charge in [-0.3, -0.25) is 10.2 Å². The van der Waals surface area contributed by atoms with Gasteiger partial charge in [0, 0.05) is 11.3 Å². The van der Waals surface area contributed by atoms with Gasteiger partial charge in [-0.1, -0.05) is 0 Å². The minimum Gasteiger partial charge on any atom is -0.509 e. The van der Waals surface area contributed by atoms with Crippen molar-refractivity contribution in [1.82, 2.24) is 9.97 Å². The number of hydrogen-bond donors (Lipinski definition) is 3. The number of benzene rings is 2. The summed E-state index contributed by atoms with van der Waals surface area (Å²) in [4.78, 5) is 20.3. The van der Waals surface area contributed by atoms with Crippen molar-refractivity contribution in [3.63, 3.8) is 0 Å². The molecule has 1 aliphatic heterocycles. The van der Waals surface area contributed by atoms with Crippen molar-refractivity contribution in [3.8, 4) is 0 Å². The zero-order valence-electron chi connectivity index (χ0n) is 13.9. The summed E-state index contributed by atoms with van der Waals surface area (Å²) in [6.45, 7) is 1.61. The van der Waals surface area contributed by atoms with Crippen molar-refractivity contribution >= 4 is 33.9 Å². The smallest absolute Gasteiger partial charge is 0.159 e. The standard InChI is InChI=1S/C19H15FN4O2/c1-10(25)11-2-5-13(6-3-11)24-9-16(26)17(18(24)21)19-22-14-7-4-12(20)8-15(14)23-19/h2-8,21,26H,9H2,1H3,(H,22,23). The largest absolute Gasteiger partial charge is 0.509 e. The Balaban J connectivity index is 1.68. The van der Waals surface area contributed by atoms with E-state index >= 15 is 0 Å². The van der Waals surface area contributed by atoms with Crippen LogP contribution in [-0.2, 0) is 0 Å². The first-order valence-corrected chi connectivity index (χ1v) is 7.99. The number of hydrogen-bond acceptors (Lipinski definition) is 4. The van der Waals surface area contributed by atoms with Crippen molar-refractivity contribution < 1.29 is 14.3 Å². The molecule has 0 amide bonds. The molecule has 3 N–H and O–H groups in total. The molecule has 0 aliphatic carbocycles. The van der Waals surface area contributed by atoms with Crippen LogP contribution in [0.15, 0.2) is 48.2 Å². The fourth-order valence-corrected chi connectivity index (χ4v) is 3.03. The number of aliphatic hydroxyl groups is 1. The molecule has 0 saturated carbocycles. The lowest BCUT2D eigenvalue weighted by Gasteiger charge is -2.18. The predicted octanol–water partition coefficient (Wildman–Crippen LogP) is 3.67. The summed E-state index contributed by atoms with van der Waals surface area (Å²) in [7, 11) is 0. The number of nitrogens with zero attached hydrogens (tertiary/aromatic N) is 2. The lowest BCUT2D eigenvalue weighted by atomic mass is 10.1. The van der Waals surface area contributed by atoms with Gasteiger partial charge in [0.15, 0.2) is 5.78 Å². The Morgan fingerprint density at radius 3 is 2.69 bits per heavy atom. The number of rotatable bonds is 3. The van der Waals surface area contributed by atoms with Crippen molar-refractivity contribution in [2.75, 3.05) is 11.4 Å². The van der Waals surface area contributed by atoms with Crippen molar-refractivity contribution in [1.29, 1.82) is 5.41 Å². The van der Waals surface area contributed by atoms with Crippen LogP contribution < -0.4 is 4.90 Å². The number of Topliss-reactive ketones (excluding diaryl/α,β-unsaturated/α-hetero) is 1. The molecule has 2 aromatic carbocycles. The van der Waals surface area contributed by atoms with Crippen LogP contribution in [0.4, 0.5) is 10.1 Å². The molecule has 0 bridgehead atoms. The monoisotopic (exact) mass is 350 g/mol. The van der Waals surface area contributed by atoms with Crippen molar-refractivity contribution in [2.24, 2.45) is 0 Å². The number of H-pyrrole nitrogens is 1. The number of aromatic amines is 1. The normalized spacial score (nSPS) is 14.5. The molecule has 130 valence electrons. The Morgan fingerprint density at radius 2 is 2.00 bits per heavy atom. The first-order chi connectivity index (χ1) is 12.4. The van der Waals surface area contributed by atoms with Gasteiger partial charge in [0.05, 0.1) is 23.2 Å². The van der Waals surface area contributed by atoms with E-state index in [0.717, 1.165) is 0 Å². The van der Waals surface area contributed by atoms with E-state index in [2.05, 4.69) is 9.97 Å². The first-order valence-electron chi connectivity index (χ1n) is 7.99. The van der Waals surface area contributed by atoms with Gasteiger partial charge >= 0.3 is 0 Å². The Kier molecular flexibility index (Phi) is 3.57. The molecule has 0 unspecified atom stereocenters. The quantitative estimate of drug-likeness (QED) is 0.628. The molecule has 1 aliphatic rings. The number of imidazole rings is 1. The maximum Gasteiger partial charge on any atom is 0.159 e. The Bertz CT molecular complexity index is 1080. The molecule has 4 rings (SSSR count). The van der Waals surface area contributed by atoms with Gasteiger partial charge in [0.2, 0.25) is 0 Å². The fourth-order valence-electron chi connectivity index (χ4n) is 3.03. The number of aromatic nitrogens is 2. The minimum absolute atomic E-state index is 0.00479. The molecule has 0 fully saturated rings. The number of carbonyl (C=O) groups excluding carboxylic acids is 1. The maximum absolute atomic E-state index is 13.4. The molecule has 0 radical (unpaired) electrons. The molecule has 2 heterocycles. The molecule has 6 nitrogen and oxygen atoms in total. The van der Waals surface area contributed by atoms with Crippen LogP contribution in [0.2, 0.25) is 0 Å². The van der Waals surface area contributed by atoms with Crippen LogP contribution in [-0.4, -0.2) is 33.2 Å². The van der Waals surface area contributed by atoms with Crippen LogP contribution in [0.5, 0.6) is 0 Å². The van der Waals surface area contributed by atoms with Crippen molar-refractivity contribution in [3.05, 3.63) is 65.4 Å². The summed E-state index contributed by atoms with van der Waals surface area (Å²) in [6, 6.07) is 11.0. The number of fused-ring (bicyclic) bond motifs is 1. The number of nitrogens with one attached hydrogen (secondary N) is 2. The van der Waals surface area contributed by atoms with Crippen LogP contribution in [0.1, 0.15) is 23.1 Å². The maximum atomic E-state index is 13.4. The molecule has 3 aromatic rings. The van der Waals surface area contributed by atoms with Crippen LogP contribution in [0, 0.1) is 11.2 Å². The lowest BCUT2D eigenvalue weighted by Crippen LogP contribution is -2.26. The van der Waals surface area contributed by atoms with E-state index in [1.807, 2.05) is 0 Å². The third-order valence-corrected chi connectivity index (χ3v) is 4.37. The highest BCUT2D eigenvalue weighted by Gasteiger charge is 2.31. The van der Waals surface area contributed by atoms with Gasteiger partial charge in [-0.15, -0.1) is 0 Å². The highest BCUT2D eigenvalue weighted by Crippen LogP contribution is 2.31. The first kappa shape index (κ1) is 16.0. The summed E-state index contributed by atoms with van der Waals surface area (Å²) < 4.78 is 13.4. The number of halogens is 1. The minimum atomic E-state index is -0.389. The molecule has 7 heteroatoms. The van der Waals surface area contributed by atoms with Gasteiger partial charge < -0.3 is 15.0 Å². The zero-order valence-corrected chi connectivity index (χ0v) is 13.9. The molecule has 1 aromatic heterocycles. The van der Waals surface area contributed by atoms with E-state index in [1.165, 1.54) is 19.1 Å². The van der Waals surface area contributed by atoms with Gasteiger partial charge in [-0.2, -0.15) is 0 Å². The summed E-state index contributed by atoms with van der Waals surface area (Å²) >= 11 is 0. The average Bonchev–Trinajstić information content (AvgIpc) is 3.14. The average molecular weight is 350 g/mol. The number of anilines is 1. The van der Waals surface area contributed by atoms with Crippen LogP contribution >= 0.6 is 0 Å². The summed E-state index contributed by atoms with van der Waals surface area (Å²) in [5.74, 6) is -0.0254. The number of aliphatic hydroxyl groups excluding tert-OH is 1. The van der Waals surface area contributed by atoms with E-state index in [1.54, 1.807) is 35.2 Å². The highest BCUT2D eigenvalue weighted by molar-refractivity contribution is 6.30. The number of carbonyl (C=O) groups is 1. The molecule has 26 heavy (non-hydrogen) atoms. The van der Waals surface area contributed by atoms with Gasteiger partial charge in [0.25, 0.3) is 0 Å². The van der Waals surface area contributed by atoms with Crippen LogP contribution in [0.3, 0.4) is 0 Å². The highest BCUT2D eigenvalue weighted by atomic mass is 19.1. The van der Waals surface area contributed by atoms with Crippen LogP contribution in [0.25, 0.3) is 16.6 Å². The van der Waals surface area contributed by atoms with Gasteiger partial charge in [-0.25, -0.2) is 9.37 Å². The lowest BCUT2D eigenvalue weighted by molar-refractivity contribution is 0.101. The number of amidine groups is 1. The zero-order chi connectivity index (χ0) is 18.4. The Labute approximate surface area is 148 Å². The van der Waals surface area contributed by atoms with E-state index in [0.29, 0.717) is 28.1 Å². The Hall–Kier alpha value is -3.48. The SMILES string of the molecule is CC(=O)c1ccc(N2CC(O)=C(c3nc4ccc(F)cc4[nH]3)C2=N)cc1. The molecular weight excluding hydrogens is 335 g/mol. The molecular formula is C19H15FN4O2. The topological polar surface area (TPSA) is 93.1 Å². The predicted molar refractivity (Wildman–Crippen MR) is 97.1 cm³/mol. The summed E-state index contributed by atoms with van der Waals surface area (Å²) in [6.07, 6.45) is 0. The number of ketones is 1. The van der Waals surface area contributed by atoms with Crippen molar-refractivity contribution in [2.45, 2.75) is 6.92 Å². The van der Waals surface area contributed by atoms with E-state index in [-0.39, 0.29) is 35.3 Å².